The number of rotatable bonds is 5. The van der Waals surface area contributed by atoms with E-state index in [4.69, 9.17) is 21.7 Å². The number of nitriles is 1. The van der Waals surface area contributed by atoms with Gasteiger partial charge in [0.1, 0.15) is 6.79 Å². The van der Waals surface area contributed by atoms with E-state index >= 15 is 0 Å². The van der Waals surface area contributed by atoms with E-state index < -0.39 is 0 Å². The molecule has 1 amide bonds. The second kappa shape index (κ2) is 13.9. The van der Waals surface area contributed by atoms with Gasteiger partial charge in [0.25, 0.3) is 5.91 Å². The number of carbonyl (C=O) groups is 2. The standard InChI is InChI=1S/C15H17N3OS.C8H10ClN.CH2O/c16-9-12-10-18(11-12)20-14-5-3-4-13(8-14)15(19)17-6-1-2-7-17;1-10-6-7-3-2-4-8(9)5-7;1-2/h3-5,8,12H,1-2,6-7,10-11H2;2-5,10H,6H2,1H3;1H2. The van der Waals surface area contributed by atoms with E-state index in [1.165, 1.54) is 5.56 Å². The maximum absolute atomic E-state index is 12.3. The number of nitrogens with one attached hydrogen (secondary N) is 1. The average Bonchev–Trinajstić information content (AvgIpc) is 3.33. The first-order valence-corrected chi connectivity index (χ1v) is 11.6. The summed E-state index contributed by atoms with van der Waals surface area (Å²) in [6, 6.07) is 17.9. The number of halogens is 1. The van der Waals surface area contributed by atoms with Crippen LogP contribution in [0.15, 0.2) is 53.4 Å². The summed E-state index contributed by atoms with van der Waals surface area (Å²) in [5, 5.41) is 12.6. The quantitative estimate of drug-likeness (QED) is 0.655. The molecule has 0 bridgehead atoms. The van der Waals surface area contributed by atoms with Gasteiger partial charge in [0.2, 0.25) is 0 Å². The largest absolute Gasteiger partial charge is 0.339 e. The SMILES string of the molecule is C=O.CNCc1cccc(Cl)c1.N#CC1CN(Sc2cccc(C(=O)N3CCCC3)c2)C1. The summed E-state index contributed by atoms with van der Waals surface area (Å²) in [5.74, 6) is 0.306. The van der Waals surface area contributed by atoms with Crippen molar-refractivity contribution in [2.24, 2.45) is 5.92 Å². The summed E-state index contributed by atoms with van der Waals surface area (Å²) in [4.78, 5) is 23.3. The van der Waals surface area contributed by atoms with Crippen molar-refractivity contribution in [3.8, 4) is 6.07 Å². The fraction of sp³-hybridized carbons (Fsp3) is 0.375. The minimum Gasteiger partial charge on any atom is -0.339 e. The summed E-state index contributed by atoms with van der Waals surface area (Å²) >= 11 is 7.39. The zero-order valence-corrected chi connectivity index (χ0v) is 19.9. The molecule has 0 radical (unpaired) electrons. The fourth-order valence-electron chi connectivity index (χ4n) is 3.38. The second-order valence-corrected chi connectivity index (χ2v) is 9.06. The zero-order chi connectivity index (χ0) is 23.3. The Morgan fingerprint density at radius 3 is 2.50 bits per heavy atom. The number of hydrogen-bond donors (Lipinski definition) is 1. The van der Waals surface area contributed by atoms with Gasteiger partial charge in [-0.25, -0.2) is 4.31 Å². The molecule has 0 spiro atoms. The third kappa shape index (κ3) is 7.95. The topological polar surface area (TPSA) is 76.4 Å². The number of benzene rings is 2. The van der Waals surface area contributed by atoms with Gasteiger partial charge in [-0.1, -0.05) is 29.8 Å². The maximum atomic E-state index is 12.3. The summed E-state index contributed by atoms with van der Waals surface area (Å²) in [5.41, 5.74) is 1.99. The highest BCUT2D eigenvalue weighted by molar-refractivity contribution is 7.97. The molecule has 0 aromatic heterocycles. The Balaban J connectivity index is 0.000000255. The number of likely N-dealkylation sites (tertiary alicyclic amines) is 1. The molecule has 2 aliphatic heterocycles. The molecule has 2 aromatic rings. The van der Waals surface area contributed by atoms with Crippen molar-refractivity contribution in [3.05, 3.63) is 64.7 Å². The van der Waals surface area contributed by atoms with Crippen molar-refractivity contribution < 1.29 is 9.59 Å². The molecule has 0 unspecified atom stereocenters. The molecule has 2 heterocycles. The Kier molecular flexibility index (Phi) is 11.3. The summed E-state index contributed by atoms with van der Waals surface area (Å²) < 4.78 is 2.16. The summed E-state index contributed by atoms with van der Waals surface area (Å²) in [7, 11) is 1.92. The van der Waals surface area contributed by atoms with Crippen LogP contribution in [0.4, 0.5) is 0 Å². The lowest BCUT2D eigenvalue weighted by Crippen LogP contribution is -2.40. The Morgan fingerprint density at radius 2 is 1.88 bits per heavy atom. The Bertz CT molecular complexity index is 909. The van der Waals surface area contributed by atoms with Crippen LogP contribution < -0.4 is 5.32 Å². The molecule has 2 saturated heterocycles. The monoisotopic (exact) mass is 472 g/mol. The molecule has 2 aromatic carbocycles. The molecule has 1 N–H and O–H groups in total. The van der Waals surface area contributed by atoms with E-state index in [1.54, 1.807) is 11.9 Å². The van der Waals surface area contributed by atoms with Gasteiger partial charge in [0.15, 0.2) is 0 Å². The molecular formula is C24H29ClN4O2S. The van der Waals surface area contributed by atoms with Crippen LogP contribution in [-0.4, -0.2) is 55.1 Å². The van der Waals surface area contributed by atoms with Crippen LogP contribution >= 0.6 is 23.5 Å². The molecule has 2 fully saturated rings. The smallest absolute Gasteiger partial charge is 0.253 e. The maximum Gasteiger partial charge on any atom is 0.253 e. The van der Waals surface area contributed by atoms with Crippen molar-refractivity contribution >= 4 is 36.2 Å². The van der Waals surface area contributed by atoms with Gasteiger partial charge >= 0.3 is 0 Å². The first kappa shape index (κ1) is 25.9. The predicted octanol–water partition coefficient (Wildman–Crippen LogP) is 4.26. The van der Waals surface area contributed by atoms with Crippen molar-refractivity contribution in [2.75, 3.05) is 33.2 Å². The Morgan fingerprint density at radius 1 is 1.19 bits per heavy atom. The number of amides is 1. The fourth-order valence-corrected chi connectivity index (χ4v) is 4.72. The van der Waals surface area contributed by atoms with Crippen LogP contribution in [0.3, 0.4) is 0 Å². The molecule has 170 valence electrons. The summed E-state index contributed by atoms with van der Waals surface area (Å²) in [6.45, 7) is 6.26. The Labute approximate surface area is 199 Å². The van der Waals surface area contributed by atoms with Crippen molar-refractivity contribution in [3.63, 3.8) is 0 Å². The van der Waals surface area contributed by atoms with Gasteiger partial charge in [-0.05, 0) is 67.7 Å². The van der Waals surface area contributed by atoms with E-state index in [2.05, 4.69) is 15.7 Å². The van der Waals surface area contributed by atoms with Gasteiger partial charge in [-0.3, -0.25) is 4.79 Å². The van der Waals surface area contributed by atoms with Crippen LogP contribution in [-0.2, 0) is 11.3 Å². The summed E-state index contributed by atoms with van der Waals surface area (Å²) in [6.07, 6.45) is 2.23. The number of carbonyl (C=O) groups excluding carboxylic acids is 2. The highest BCUT2D eigenvalue weighted by Gasteiger charge is 2.27. The van der Waals surface area contributed by atoms with E-state index in [-0.39, 0.29) is 11.8 Å². The molecular weight excluding hydrogens is 444 g/mol. The van der Waals surface area contributed by atoms with Crippen LogP contribution in [0.25, 0.3) is 0 Å². The van der Waals surface area contributed by atoms with E-state index in [9.17, 15) is 4.79 Å². The molecule has 32 heavy (non-hydrogen) atoms. The minimum absolute atomic E-state index is 0.142. The van der Waals surface area contributed by atoms with Crippen LogP contribution in [0, 0.1) is 17.2 Å². The number of nitrogens with zero attached hydrogens (tertiary/aromatic N) is 3. The highest BCUT2D eigenvalue weighted by Crippen LogP contribution is 2.30. The Hall–Kier alpha value is -2.37. The van der Waals surface area contributed by atoms with Crippen molar-refractivity contribution in [2.45, 2.75) is 24.3 Å². The number of hydrogen-bond acceptors (Lipinski definition) is 6. The molecule has 0 aliphatic carbocycles. The van der Waals surface area contributed by atoms with Gasteiger partial charge in [0, 0.05) is 48.2 Å². The van der Waals surface area contributed by atoms with E-state index in [0.29, 0.717) is 0 Å². The van der Waals surface area contributed by atoms with Crippen LogP contribution in [0.2, 0.25) is 5.02 Å². The van der Waals surface area contributed by atoms with Gasteiger partial charge < -0.3 is 15.0 Å². The lowest BCUT2D eigenvalue weighted by molar-refractivity contribution is -0.0980. The molecule has 4 rings (SSSR count). The first-order chi connectivity index (χ1) is 15.6. The van der Waals surface area contributed by atoms with Gasteiger partial charge in [-0.2, -0.15) is 5.26 Å². The lowest BCUT2D eigenvalue weighted by Gasteiger charge is -2.33. The van der Waals surface area contributed by atoms with Crippen LogP contribution in [0.1, 0.15) is 28.8 Å². The lowest BCUT2D eigenvalue weighted by atomic mass is 10.1. The normalized spacial score (nSPS) is 15.5. The van der Waals surface area contributed by atoms with Crippen molar-refractivity contribution in [1.82, 2.24) is 14.5 Å². The molecule has 0 atom stereocenters. The first-order valence-electron chi connectivity index (χ1n) is 10.5. The third-order valence-electron chi connectivity index (χ3n) is 5.01. The van der Waals surface area contributed by atoms with E-state index in [0.717, 1.165) is 61.0 Å². The predicted molar refractivity (Wildman–Crippen MR) is 129 cm³/mol. The van der Waals surface area contributed by atoms with Gasteiger partial charge in [-0.15, -0.1) is 0 Å². The molecule has 0 saturated carbocycles. The zero-order valence-electron chi connectivity index (χ0n) is 18.3. The minimum atomic E-state index is 0.142. The van der Waals surface area contributed by atoms with Crippen molar-refractivity contribution in [1.29, 1.82) is 5.26 Å². The molecule has 6 nitrogen and oxygen atoms in total. The van der Waals surface area contributed by atoms with Crippen LogP contribution in [0.5, 0.6) is 0 Å². The molecule has 2 aliphatic rings. The third-order valence-corrected chi connectivity index (χ3v) is 6.27. The van der Waals surface area contributed by atoms with Gasteiger partial charge in [0.05, 0.1) is 12.0 Å². The average molecular weight is 473 g/mol. The highest BCUT2D eigenvalue weighted by atomic mass is 35.5. The second-order valence-electron chi connectivity index (χ2n) is 7.45. The van der Waals surface area contributed by atoms with E-state index in [1.807, 2.05) is 67.3 Å². The molecule has 8 heteroatoms.